The van der Waals surface area contributed by atoms with Crippen LogP contribution in [0.3, 0.4) is 0 Å². The summed E-state index contributed by atoms with van der Waals surface area (Å²) in [6.45, 7) is 18.1. The van der Waals surface area contributed by atoms with E-state index in [1.54, 1.807) is 4.40 Å². The zero-order valence-corrected chi connectivity index (χ0v) is 44.4. The molecule has 5 nitrogen and oxygen atoms in total. The average molecular weight is 1100 g/mol. The van der Waals surface area contributed by atoms with Crippen LogP contribution in [0.25, 0.3) is 72.6 Å². The van der Waals surface area contributed by atoms with Crippen molar-refractivity contribution in [3.63, 3.8) is 0 Å². The smallest absolute Gasteiger partial charge is 0.216 e. The van der Waals surface area contributed by atoms with Gasteiger partial charge in [-0.1, -0.05) is 81.1 Å². The van der Waals surface area contributed by atoms with Gasteiger partial charge in [-0.3, -0.25) is 4.98 Å². The van der Waals surface area contributed by atoms with Crippen LogP contribution in [0.4, 0.5) is 0 Å². The van der Waals surface area contributed by atoms with Crippen LogP contribution in [0.2, 0.25) is 17.3 Å². The summed E-state index contributed by atoms with van der Waals surface area (Å²) >= 11 is -1.93. The standard InChI is InChI=1S/C37H32N3O.C21H30GeN.Ir/c1-22(2)30-20-26(25-12-7-6-8-13-25)21-31(23(3)4)34(30)40-33-17-10-9-16-32(33)39-36(40)29-15-11-14-27-28-19-18-24(5)38-37(28)41-35(27)29;1-7-21(3,8-2)15-18-14-20(17-12-10-9-11-13-17)23-16-19(18)22(4,5)6;/h6-14,16-23H,1-5H3;9-12,14,16H,7-8,15H2,1-6H3;/q2*-1;. The van der Waals surface area contributed by atoms with Crippen molar-refractivity contribution in [1.29, 1.82) is 0 Å². The summed E-state index contributed by atoms with van der Waals surface area (Å²) in [5.74, 6) is 8.79. The van der Waals surface area contributed by atoms with Gasteiger partial charge in [0, 0.05) is 36.9 Å². The van der Waals surface area contributed by atoms with Crippen molar-refractivity contribution in [3.8, 4) is 39.5 Å². The van der Waals surface area contributed by atoms with Crippen molar-refractivity contribution in [1.82, 2.24) is 19.5 Å². The molecule has 5 aromatic carbocycles. The zero-order valence-electron chi connectivity index (χ0n) is 39.9. The van der Waals surface area contributed by atoms with Gasteiger partial charge in [-0.2, -0.15) is 0 Å². The van der Waals surface area contributed by atoms with Crippen molar-refractivity contribution in [2.75, 3.05) is 0 Å². The second-order valence-corrected chi connectivity index (χ2v) is 30.0. The van der Waals surface area contributed by atoms with Crippen molar-refractivity contribution in [2.45, 2.75) is 104 Å². The fourth-order valence-electron chi connectivity index (χ4n) is 8.89. The van der Waals surface area contributed by atoms with Gasteiger partial charge in [0.05, 0.1) is 22.4 Å². The second-order valence-electron chi connectivity index (χ2n) is 19.4. The van der Waals surface area contributed by atoms with Crippen molar-refractivity contribution in [2.24, 2.45) is 5.41 Å². The van der Waals surface area contributed by atoms with E-state index in [9.17, 15) is 0 Å². The van der Waals surface area contributed by atoms with E-state index < -0.39 is 13.3 Å². The number of rotatable bonds is 11. The molecule has 0 amide bonds. The van der Waals surface area contributed by atoms with Crippen LogP contribution in [0.5, 0.6) is 0 Å². The number of aryl methyl sites for hydroxylation is 1. The molecule has 0 bridgehead atoms. The maximum Gasteiger partial charge on any atom is 0.216 e. The fourth-order valence-corrected chi connectivity index (χ4v) is 12.2. The Kier molecular flexibility index (Phi) is 14.5. The summed E-state index contributed by atoms with van der Waals surface area (Å²) in [7, 11) is 0. The molecule has 7 heteroatoms. The molecule has 0 saturated heterocycles. The Morgan fingerprint density at radius 2 is 1.40 bits per heavy atom. The molecule has 0 aliphatic rings. The zero-order chi connectivity index (χ0) is 45.3. The van der Waals surface area contributed by atoms with E-state index in [4.69, 9.17) is 14.4 Å². The number of fused-ring (bicyclic) bond motifs is 4. The van der Waals surface area contributed by atoms with E-state index in [2.05, 4.69) is 185 Å². The Morgan fingerprint density at radius 1 is 0.723 bits per heavy atom. The molecule has 9 rings (SSSR count). The topological polar surface area (TPSA) is 56.7 Å². The van der Waals surface area contributed by atoms with Gasteiger partial charge in [-0.05, 0) is 77.4 Å². The van der Waals surface area contributed by atoms with Crippen LogP contribution in [-0.2, 0) is 26.5 Å². The van der Waals surface area contributed by atoms with Gasteiger partial charge in [0.15, 0.2) is 0 Å². The molecule has 335 valence electrons. The van der Waals surface area contributed by atoms with Crippen molar-refractivity contribution >= 4 is 50.8 Å². The third-order valence-corrected chi connectivity index (χ3v) is 17.4. The van der Waals surface area contributed by atoms with Gasteiger partial charge in [0.2, 0.25) is 5.71 Å². The van der Waals surface area contributed by atoms with Gasteiger partial charge in [-0.15, -0.1) is 18.2 Å². The summed E-state index contributed by atoms with van der Waals surface area (Å²) in [6, 6.07) is 49.2. The second kappa shape index (κ2) is 19.8. The molecule has 1 radical (unpaired) electrons. The molecule has 0 aliphatic carbocycles. The van der Waals surface area contributed by atoms with Crippen LogP contribution in [0.1, 0.15) is 95.5 Å². The Hall–Kier alpha value is -5.14. The third kappa shape index (κ3) is 9.87. The first-order valence-corrected chi connectivity index (χ1v) is 30.4. The van der Waals surface area contributed by atoms with E-state index in [0.717, 1.165) is 62.1 Å². The number of para-hydroxylation sites is 2. The Bertz CT molecular complexity index is 3040. The molecule has 0 saturated carbocycles. The normalized spacial score (nSPS) is 12.0. The Balaban J connectivity index is 0.000000225. The van der Waals surface area contributed by atoms with Gasteiger partial charge >= 0.3 is 145 Å². The average Bonchev–Trinajstić information content (AvgIpc) is 3.87. The number of nitrogens with zero attached hydrogens (tertiary/aromatic N) is 4. The molecule has 0 N–H and O–H groups in total. The summed E-state index contributed by atoms with van der Waals surface area (Å²) in [6.07, 6.45) is 5.75. The van der Waals surface area contributed by atoms with Gasteiger partial charge in [0.25, 0.3) is 0 Å². The fraction of sp³-hybridized carbons (Fsp3) is 0.293. The minimum atomic E-state index is -1.93. The molecule has 4 aromatic heterocycles. The number of imidazole rings is 1. The number of hydrogen-bond donors (Lipinski definition) is 0. The van der Waals surface area contributed by atoms with Crippen LogP contribution in [0, 0.1) is 24.5 Å². The first-order valence-electron chi connectivity index (χ1n) is 23.1. The first kappa shape index (κ1) is 47.8. The molecular formula is C58H62GeIrN4O-2. The van der Waals surface area contributed by atoms with E-state index in [0.29, 0.717) is 23.0 Å². The quantitative estimate of drug-likeness (QED) is 0.0957. The van der Waals surface area contributed by atoms with Crippen LogP contribution in [-0.4, -0.2) is 32.8 Å². The van der Waals surface area contributed by atoms with Crippen LogP contribution >= 0.6 is 0 Å². The predicted molar refractivity (Wildman–Crippen MR) is 273 cm³/mol. The summed E-state index contributed by atoms with van der Waals surface area (Å²) < 4.78 is 10.3. The van der Waals surface area contributed by atoms with E-state index in [1.807, 2.05) is 37.3 Å². The largest absolute Gasteiger partial charge is 0.486 e. The number of aromatic nitrogens is 4. The predicted octanol–water partition coefficient (Wildman–Crippen LogP) is 15.5. The number of pyridine rings is 2. The maximum absolute atomic E-state index is 6.44. The molecular weight excluding hydrogens is 1030 g/mol. The van der Waals surface area contributed by atoms with E-state index in [1.165, 1.54) is 46.3 Å². The molecule has 0 aliphatic heterocycles. The van der Waals surface area contributed by atoms with Crippen LogP contribution in [0.15, 0.2) is 132 Å². The Labute approximate surface area is 402 Å². The van der Waals surface area contributed by atoms with Crippen molar-refractivity contribution < 1.29 is 24.5 Å². The minimum absolute atomic E-state index is 0. The van der Waals surface area contributed by atoms with Gasteiger partial charge < -0.3 is 8.98 Å². The molecule has 0 atom stereocenters. The van der Waals surface area contributed by atoms with E-state index >= 15 is 0 Å². The summed E-state index contributed by atoms with van der Waals surface area (Å²) in [5.41, 5.74) is 15.4. The first-order chi connectivity index (χ1) is 30.7. The number of furan rings is 1. The number of hydrogen-bond acceptors (Lipinski definition) is 4. The summed E-state index contributed by atoms with van der Waals surface area (Å²) in [4.78, 5) is 14.7. The SMILES string of the molecule is CCC(C)(CC)Cc1cc(-c2[c-]cccc2)nc[c]1[Ge]([CH3])([CH3])[CH3].Cc1ccc2c(n1)oc1c(-c3nc4ccccc4n3-c3c(C(C)C)cc(-c4ccccc4)cc3C(C)C)[c-]ccc12.[Ir]. The molecule has 0 fully saturated rings. The molecule has 0 unspecified atom stereocenters. The molecule has 9 aromatic rings. The minimum Gasteiger partial charge on any atom is -0.486 e. The number of benzene rings is 5. The summed E-state index contributed by atoms with van der Waals surface area (Å²) in [5, 5.41) is 2.02. The van der Waals surface area contributed by atoms with Crippen molar-refractivity contribution in [3.05, 3.63) is 162 Å². The maximum atomic E-state index is 6.44. The third-order valence-electron chi connectivity index (χ3n) is 13.1. The Morgan fingerprint density at radius 3 is 2.05 bits per heavy atom. The van der Waals surface area contributed by atoms with E-state index in [-0.39, 0.29) is 20.1 Å². The van der Waals surface area contributed by atoms with Gasteiger partial charge in [0.1, 0.15) is 0 Å². The molecule has 65 heavy (non-hydrogen) atoms. The monoisotopic (exact) mass is 1100 g/mol. The molecule has 4 heterocycles. The van der Waals surface area contributed by atoms with Crippen LogP contribution < -0.4 is 4.40 Å². The molecule has 0 spiro atoms. The van der Waals surface area contributed by atoms with Gasteiger partial charge in [-0.25, -0.2) is 4.98 Å².